The van der Waals surface area contributed by atoms with Gasteiger partial charge in [-0.15, -0.1) is 10.2 Å². The highest BCUT2D eigenvalue weighted by molar-refractivity contribution is 5.89. The van der Waals surface area contributed by atoms with Crippen LogP contribution in [0.1, 0.15) is 5.69 Å². The highest BCUT2D eigenvalue weighted by Crippen LogP contribution is 2.14. The molecule has 0 saturated heterocycles. The van der Waals surface area contributed by atoms with E-state index in [1.54, 1.807) is 23.0 Å². The predicted octanol–water partition coefficient (Wildman–Crippen LogP) is 2.48. The van der Waals surface area contributed by atoms with Crippen LogP contribution in [0, 0.1) is 18.6 Å². The first-order valence-electron chi connectivity index (χ1n) is 8.11. The van der Waals surface area contributed by atoms with Crippen molar-refractivity contribution in [3.8, 4) is 5.82 Å². The van der Waals surface area contributed by atoms with Crippen LogP contribution in [0.5, 0.6) is 0 Å². The first-order valence-corrected chi connectivity index (χ1v) is 8.11. The summed E-state index contributed by atoms with van der Waals surface area (Å²) >= 11 is 0. The van der Waals surface area contributed by atoms with Gasteiger partial charge in [-0.1, -0.05) is 0 Å². The summed E-state index contributed by atoms with van der Waals surface area (Å²) < 4.78 is 27.9. The third kappa shape index (κ3) is 4.97. The molecule has 0 aliphatic rings. The molecule has 0 aliphatic carbocycles. The Bertz CT molecular complexity index is 927. The van der Waals surface area contributed by atoms with E-state index in [1.165, 1.54) is 0 Å². The molecule has 8 nitrogen and oxygen atoms in total. The number of amides is 2. The summed E-state index contributed by atoms with van der Waals surface area (Å²) in [5, 5.41) is 20.2. The standard InChI is InChI=1S/C17H17F2N7O/c1-11-6-9-26(25-11)16-5-4-15(23-24-16)20-7-8-21-17(27)22-14-3-2-12(18)10-13(14)19/h2-6,9-10H,7-8H2,1H3,(H,20,23)(H2,21,22,27). The van der Waals surface area contributed by atoms with Crippen molar-refractivity contribution in [3.05, 3.63) is 59.9 Å². The fourth-order valence-corrected chi connectivity index (χ4v) is 2.21. The van der Waals surface area contributed by atoms with Crippen LogP contribution in [0.15, 0.2) is 42.6 Å². The van der Waals surface area contributed by atoms with E-state index in [0.29, 0.717) is 24.2 Å². The number of carbonyl (C=O) groups is 1. The van der Waals surface area contributed by atoms with Crippen LogP contribution in [-0.2, 0) is 0 Å². The second-order valence-corrected chi connectivity index (χ2v) is 5.61. The normalized spacial score (nSPS) is 10.5. The van der Waals surface area contributed by atoms with Gasteiger partial charge >= 0.3 is 6.03 Å². The molecule has 3 rings (SSSR count). The zero-order chi connectivity index (χ0) is 19.2. The number of halogens is 2. The average molecular weight is 373 g/mol. The third-order valence-electron chi connectivity index (χ3n) is 3.50. The van der Waals surface area contributed by atoms with Gasteiger partial charge < -0.3 is 16.0 Å². The number of carbonyl (C=O) groups excluding carboxylic acids is 1. The first-order chi connectivity index (χ1) is 13.0. The molecule has 0 radical (unpaired) electrons. The Hall–Kier alpha value is -3.56. The molecule has 3 aromatic rings. The maximum atomic E-state index is 13.5. The number of aryl methyl sites for hydroxylation is 1. The minimum absolute atomic E-state index is 0.0998. The van der Waals surface area contributed by atoms with Crippen molar-refractivity contribution in [3.63, 3.8) is 0 Å². The molecule has 0 aliphatic heterocycles. The zero-order valence-electron chi connectivity index (χ0n) is 14.4. The molecule has 27 heavy (non-hydrogen) atoms. The van der Waals surface area contributed by atoms with Gasteiger partial charge in [-0.25, -0.2) is 18.3 Å². The van der Waals surface area contributed by atoms with Crippen molar-refractivity contribution >= 4 is 17.5 Å². The fourth-order valence-electron chi connectivity index (χ4n) is 2.21. The molecule has 0 saturated carbocycles. The minimum Gasteiger partial charge on any atom is -0.367 e. The number of urea groups is 1. The summed E-state index contributed by atoms with van der Waals surface area (Å²) in [6.45, 7) is 2.53. The van der Waals surface area contributed by atoms with Crippen LogP contribution >= 0.6 is 0 Å². The van der Waals surface area contributed by atoms with Gasteiger partial charge in [0.05, 0.1) is 11.4 Å². The van der Waals surface area contributed by atoms with E-state index in [-0.39, 0.29) is 12.2 Å². The molecule has 10 heteroatoms. The van der Waals surface area contributed by atoms with Crippen LogP contribution in [0.3, 0.4) is 0 Å². The molecule has 2 heterocycles. The lowest BCUT2D eigenvalue weighted by atomic mass is 10.3. The minimum atomic E-state index is -0.842. The van der Waals surface area contributed by atoms with E-state index < -0.39 is 17.7 Å². The summed E-state index contributed by atoms with van der Waals surface area (Å²) in [5.74, 6) is -0.426. The number of aromatic nitrogens is 4. The Labute approximate surface area is 153 Å². The number of hydrogen-bond acceptors (Lipinski definition) is 5. The highest BCUT2D eigenvalue weighted by Gasteiger charge is 2.07. The SMILES string of the molecule is Cc1ccn(-c2ccc(NCCNC(=O)Nc3ccc(F)cc3F)nn2)n1. The number of benzene rings is 1. The Kier molecular flexibility index (Phi) is 5.55. The molecular weight excluding hydrogens is 356 g/mol. The third-order valence-corrected chi connectivity index (χ3v) is 3.50. The van der Waals surface area contributed by atoms with Crippen molar-refractivity contribution in [2.24, 2.45) is 0 Å². The average Bonchev–Trinajstić information content (AvgIpc) is 3.08. The molecule has 1 aromatic carbocycles. The number of nitrogens with one attached hydrogen (secondary N) is 3. The molecule has 0 fully saturated rings. The quantitative estimate of drug-likeness (QED) is 0.577. The molecule has 140 valence electrons. The van der Waals surface area contributed by atoms with Crippen LogP contribution in [0.25, 0.3) is 5.82 Å². The van der Waals surface area contributed by atoms with Crippen molar-refractivity contribution < 1.29 is 13.6 Å². The Morgan fingerprint density at radius 2 is 1.96 bits per heavy atom. The van der Waals surface area contributed by atoms with Gasteiger partial charge in [-0.3, -0.25) is 0 Å². The molecule has 2 amide bonds. The molecular formula is C17H17F2N7O. The Balaban J connectivity index is 1.42. The maximum Gasteiger partial charge on any atom is 0.319 e. The smallest absolute Gasteiger partial charge is 0.319 e. The van der Waals surface area contributed by atoms with Crippen molar-refractivity contribution in [1.82, 2.24) is 25.3 Å². The second-order valence-electron chi connectivity index (χ2n) is 5.61. The number of nitrogens with zero attached hydrogens (tertiary/aromatic N) is 4. The van der Waals surface area contributed by atoms with Crippen LogP contribution in [0.2, 0.25) is 0 Å². The molecule has 3 N–H and O–H groups in total. The second kappa shape index (κ2) is 8.21. The Morgan fingerprint density at radius 3 is 2.63 bits per heavy atom. The van der Waals surface area contributed by atoms with E-state index in [0.717, 1.165) is 17.8 Å². The Morgan fingerprint density at radius 1 is 1.11 bits per heavy atom. The first kappa shape index (κ1) is 18.2. The zero-order valence-corrected chi connectivity index (χ0v) is 14.4. The molecule has 2 aromatic heterocycles. The topological polar surface area (TPSA) is 96.8 Å². The van der Waals surface area contributed by atoms with E-state index in [9.17, 15) is 13.6 Å². The van der Waals surface area contributed by atoms with Gasteiger partial charge in [-0.05, 0) is 37.3 Å². The lowest BCUT2D eigenvalue weighted by Crippen LogP contribution is -2.33. The van der Waals surface area contributed by atoms with E-state index in [2.05, 4.69) is 31.2 Å². The number of anilines is 2. The van der Waals surface area contributed by atoms with Gasteiger partial charge in [0.15, 0.2) is 5.82 Å². The number of hydrogen-bond donors (Lipinski definition) is 3. The molecule has 0 spiro atoms. The van der Waals surface area contributed by atoms with E-state index in [1.807, 2.05) is 13.0 Å². The summed E-state index contributed by atoms with van der Waals surface area (Å²) in [7, 11) is 0. The van der Waals surface area contributed by atoms with Crippen LogP contribution < -0.4 is 16.0 Å². The predicted molar refractivity (Wildman–Crippen MR) is 95.8 cm³/mol. The molecule has 0 atom stereocenters. The van der Waals surface area contributed by atoms with Crippen LogP contribution in [-0.4, -0.2) is 39.1 Å². The van der Waals surface area contributed by atoms with Gasteiger partial charge in [0, 0.05) is 25.4 Å². The van der Waals surface area contributed by atoms with E-state index >= 15 is 0 Å². The summed E-state index contributed by atoms with van der Waals surface area (Å²) in [6.07, 6.45) is 1.79. The summed E-state index contributed by atoms with van der Waals surface area (Å²) in [5.41, 5.74) is 0.779. The van der Waals surface area contributed by atoms with E-state index in [4.69, 9.17) is 0 Å². The summed E-state index contributed by atoms with van der Waals surface area (Å²) in [6, 6.07) is 7.69. The maximum absolute atomic E-state index is 13.5. The lowest BCUT2D eigenvalue weighted by Gasteiger charge is -2.09. The van der Waals surface area contributed by atoms with Crippen molar-refractivity contribution in [2.45, 2.75) is 6.92 Å². The largest absolute Gasteiger partial charge is 0.367 e. The van der Waals surface area contributed by atoms with Gasteiger partial charge in [-0.2, -0.15) is 5.10 Å². The van der Waals surface area contributed by atoms with Gasteiger partial charge in [0.1, 0.15) is 17.5 Å². The van der Waals surface area contributed by atoms with Gasteiger partial charge in [0.25, 0.3) is 0 Å². The fraction of sp³-hybridized carbons (Fsp3) is 0.176. The molecule has 0 unspecified atom stereocenters. The number of rotatable bonds is 6. The molecule has 0 bridgehead atoms. The van der Waals surface area contributed by atoms with Gasteiger partial charge in [0.2, 0.25) is 0 Å². The van der Waals surface area contributed by atoms with Crippen molar-refractivity contribution in [2.75, 3.05) is 23.7 Å². The monoisotopic (exact) mass is 373 g/mol. The highest BCUT2D eigenvalue weighted by atomic mass is 19.1. The lowest BCUT2D eigenvalue weighted by molar-refractivity contribution is 0.252. The van der Waals surface area contributed by atoms with Crippen molar-refractivity contribution in [1.29, 1.82) is 0 Å². The van der Waals surface area contributed by atoms with Crippen LogP contribution in [0.4, 0.5) is 25.1 Å². The summed E-state index contributed by atoms with van der Waals surface area (Å²) in [4.78, 5) is 11.7.